The summed E-state index contributed by atoms with van der Waals surface area (Å²) in [6.45, 7) is 1.84. The van der Waals surface area contributed by atoms with Crippen molar-refractivity contribution in [3.05, 3.63) is 41.9 Å². The molecule has 19 heavy (non-hydrogen) atoms. The minimum atomic E-state index is -0.476. The van der Waals surface area contributed by atoms with Crippen LogP contribution >= 0.6 is 0 Å². The molecule has 0 saturated heterocycles. The van der Waals surface area contributed by atoms with E-state index in [0.717, 1.165) is 16.8 Å². The molecule has 0 aromatic carbocycles. The van der Waals surface area contributed by atoms with Gasteiger partial charge in [-0.3, -0.25) is 4.98 Å². The van der Waals surface area contributed by atoms with Crippen molar-refractivity contribution in [2.24, 2.45) is 0 Å². The molecule has 2 rings (SSSR count). The van der Waals surface area contributed by atoms with E-state index < -0.39 is 5.97 Å². The van der Waals surface area contributed by atoms with Crippen LogP contribution in [0.25, 0.3) is 11.1 Å². The first-order chi connectivity index (χ1) is 9.17. The quantitative estimate of drug-likeness (QED) is 0.790. The van der Waals surface area contributed by atoms with Crippen molar-refractivity contribution in [1.29, 1.82) is 0 Å². The zero-order valence-corrected chi connectivity index (χ0v) is 11.0. The van der Waals surface area contributed by atoms with E-state index in [1.807, 2.05) is 25.1 Å². The zero-order valence-electron chi connectivity index (χ0n) is 11.0. The molecule has 0 aliphatic carbocycles. The Labute approximate surface area is 111 Å². The lowest BCUT2D eigenvalue weighted by atomic mass is 10.0. The normalized spacial score (nSPS) is 10.1. The predicted octanol–water partition coefficient (Wildman–Crippen LogP) is 2.25. The summed E-state index contributed by atoms with van der Waals surface area (Å²) in [6.07, 6.45) is 3.33. The third-order valence-corrected chi connectivity index (χ3v) is 2.69. The number of ether oxygens (including phenoxy) is 2. The monoisotopic (exact) mass is 258 g/mol. The molecule has 5 heteroatoms. The molecular formula is C14H14N2O3. The van der Waals surface area contributed by atoms with Crippen LogP contribution in [0.15, 0.2) is 30.6 Å². The third-order valence-electron chi connectivity index (χ3n) is 2.69. The van der Waals surface area contributed by atoms with Crippen LogP contribution in [-0.2, 0) is 4.74 Å². The summed E-state index contributed by atoms with van der Waals surface area (Å²) in [4.78, 5) is 20.1. The fraction of sp³-hybridized carbons (Fsp3) is 0.214. The van der Waals surface area contributed by atoms with Gasteiger partial charge in [0.25, 0.3) is 0 Å². The minimum Gasteiger partial charge on any atom is -0.480 e. The van der Waals surface area contributed by atoms with E-state index in [1.54, 1.807) is 12.4 Å². The second kappa shape index (κ2) is 5.48. The average molecular weight is 258 g/mol. The molecule has 5 nitrogen and oxygen atoms in total. The predicted molar refractivity (Wildman–Crippen MR) is 70.1 cm³/mol. The highest BCUT2D eigenvalue weighted by Gasteiger charge is 2.21. The van der Waals surface area contributed by atoms with E-state index >= 15 is 0 Å². The van der Waals surface area contributed by atoms with Gasteiger partial charge in [0, 0.05) is 23.7 Å². The Morgan fingerprint density at radius 1 is 1.21 bits per heavy atom. The average Bonchev–Trinajstić information content (AvgIpc) is 2.46. The second-order valence-corrected chi connectivity index (χ2v) is 3.92. The molecule has 98 valence electrons. The molecule has 2 aromatic rings. The van der Waals surface area contributed by atoms with E-state index in [2.05, 4.69) is 9.97 Å². The fourth-order valence-electron chi connectivity index (χ4n) is 1.85. The van der Waals surface area contributed by atoms with Crippen molar-refractivity contribution in [1.82, 2.24) is 9.97 Å². The van der Waals surface area contributed by atoms with Gasteiger partial charge in [-0.2, -0.15) is 0 Å². The van der Waals surface area contributed by atoms with Crippen LogP contribution in [0.1, 0.15) is 16.1 Å². The number of hydrogen-bond donors (Lipinski definition) is 0. The standard InChI is InChI=1S/C14H14N2O3/c1-9-8-11(10-4-6-15-7-5-10)12(14(17)19-3)13(16-9)18-2/h4-8H,1-3H3. The highest BCUT2D eigenvalue weighted by molar-refractivity contribution is 5.99. The number of carbonyl (C=O) groups excluding carboxylic acids is 1. The molecule has 0 radical (unpaired) electrons. The molecule has 0 aliphatic rings. The fourth-order valence-corrected chi connectivity index (χ4v) is 1.85. The van der Waals surface area contributed by atoms with E-state index in [4.69, 9.17) is 9.47 Å². The van der Waals surface area contributed by atoms with Crippen LogP contribution in [0.3, 0.4) is 0 Å². The van der Waals surface area contributed by atoms with Crippen molar-refractivity contribution in [2.45, 2.75) is 6.92 Å². The topological polar surface area (TPSA) is 61.3 Å². The Morgan fingerprint density at radius 3 is 2.47 bits per heavy atom. The number of aromatic nitrogens is 2. The van der Waals surface area contributed by atoms with Gasteiger partial charge in [0.2, 0.25) is 5.88 Å². The summed E-state index contributed by atoms with van der Waals surface area (Å²) in [7, 11) is 2.81. The van der Waals surface area contributed by atoms with Gasteiger partial charge < -0.3 is 9.47 Å². The van der Waals surface area contributed by atoms with Crippen LogP contribution in [-0.4, -0.2) is 30.2 Å². The Balaban J connectivity index is 2.71. The first-order valence-electron chi connectivity index (χ1n) is 5.71. The molecule has 0 unspecified atom stereocenters. The number of carbonyl (C=O) groups is 1. The molecule has 0 atom stereocenters. The van der Waals surface area contributed by atoms with Crippen LogP contribution in [0.4, 0.5) is 0 Å². The lowest BCUT2D eigenvalue weighted by molar-refractivity contribution is 0.0597. The van der Waals surface area contributed by atoms with E-state index in [9.17, 15) is 4.79 Å². The Bertz CT molecular complexity index is 597. The highest BCUT2D eigenvalue weighted by Crippen LogP contribution is 2.30. The molecule has 0 N–H and O–H groups in total. The number of pyridine rings is 2. The maximum Gasteiger partial charge on any atom is 0.344 e. The van der Waals surface area contributed by atoms with Gasteiger partial charge in [-0.1, -0.05) is 0 Å². The first-order valence-corrected chi connectivity index (χ1v) is 5.71. The summed E-state index contributed by atoms with van der Waals surface area (Å²) >= 11 is 0. The van der Waals surface area contributed by atoms with Gasteiger partial charge in [-0.15, -0.1) is 0 Å². The Morgan fingerprint density at radius 2 is 1.89 bits per heavy atom. The molecule has 2 aromatic heterocycles. The van der Waals surface area contributed by atoms with E-state index in [0.29, 0.717) is 5.56 Å². The van der Waals surface area contributed by atoms with Crippen molar-refractivity contribution in [3.63, 3.8) is 0 Å². The number of rotatable bonds is 3. The van der Waals surface area contributed by atoms with Gasteiger partial charge in [-0.25, -0.2) is 9.78 Å². The minimum absolute atomic E-state index is 0.263. The van der Waals surface area contributed by atoms with Crippen LogP contribution in [0.5, 0.6) is 5.88 Å². The Hall–Kier alpha value is -2.43. The number of methoxy groups -OCH3 is 2. The number of nitrogens with zero attached hydrogens (tertiary/aromatic N) is 2. The van der Waals surface area contributed by atoms with Gasteiger partial charge >= 0.3 is 5.97 Å². The molecule has 2 heterocycles. The molecule has 0 fully saturated rings. The van der Waals surface area contributed by atoms with Crippen LogP contribution in [0, 0.1) is 6.92 Å². The lowest BCUT2D eigenvalue weighted by Crippen LogP contribution is -2.08. The number of esters is 1. The summed E-state index contributed by atoms with van der Waals surface area (Å²) in [5, 5.41) is 0. The van der Waals surface area contributed by atoms with E-state index in [1.165, 1.54) is 14.2 Å². The summed E-state index contributed by atoms with van der Waals surface area (Å²) in [5.41, 5.74) is 2.66. The van der Waals surface area contributed by atoms with Crippen LogP contribution in [0.2, 0.25) is 0 Å². The smallest absolute Gasteiger partial charge is 0.344 e. The highest BCUT2D eigenvalue weighted by atomic mass is 16.5. The molecule has 0 spiro atoms. The Kier molecular flexibility index (Phi) is 3.75. The molecule has 0 saturated carbocycles. The number of hydrogen-bond acceptors (Lipinski definition) is 5. The van der Waals surface area contributed by atoms with Crippen LogP contribution < -0.4 is 4.74 Å². The van der Waals surface area contributed by atoms with Crippen molar-refractivity contribution in [3.8, 4) is 17.0 Å². The molecule has 0 aliphatic heterocycles. The zero-order chi connectivity index (χ0) is 13.8. The van der Waals surface area contributed by atoms with Crippen molar-refractivity contribution < 1.29 is 14.3 Å². The van der Waals surface area contributed by atoms with Gasteiger partial charge in [-0.05, 0) is 30.7 Å². The van der Waals surface area contributed by atoms with Crippen molar-refractivity contribution in [2.75, 3.05) is 14.2 Å². The molecule has 0 amide bonds. The van der Waals surface area contributed by atoms with Gasteiger partial charge in [0.05, 0.1) is 14.2 Å². The summed E-state index contributed by atoms with van der Waals surface area (Å²) in [5.74, 6) is -0.213. The lowest BCUT2D eigenvalue weighted by Gasteiger charge is -2.12. The van der Waals surface area contributed by atoms with Crippen molar-refractivity contribution >= 4 is 5.97 Å². The van der Waals surface area contributed by atoms with Gasteiger partial charge in [0.1, 0.15) is 5.56 Å². The number of aryl methyl sites for hydroxylation is 1. The molecular weight excluding hydrogens is 244 g/mol. The maximum atomic E-state index is 11.9. The SMILES string of the molecule is COC(=O)c1c(-c2ccncc2)cc(C)nc1OC. The van der Waals surface area contributed by atoms with E-state index in [-0.39, 0.29) is 5.88 Å². The summed E-state index contributed by atoms with van der Waals surface area (Å²) in [6, 6.07) is 5.46. The third kappa shape index (κ3) is 2.54. The summed E-state index contributed by atoms with van der Waals surface area (Å²) < 4.78 is 9.99. The maximum absolute atomic E-state index is 11.9. The van der Waals surface area contributed by atoms with Gasteiger partial charge in [0.15, 0.2) is 0 Å². The first kappa shape index (κ1) is 13.0. The second-order valence-electron chi connectivity index (χ2n) is 3.92. The largest absolute Gasteiger partial charge is 0.480 e. The molecule has 0 bridgehead atoms.